The van der Waals surface area contributed by atoms with Gasteiger partial charge in [0.2, 0.25) is 10.0 Å². The smallest absolute Gasteiger partial charge is 0.312 e. The highest BCUT2D eigenvalue weighted by atomic mass is 35.5. The average molecular weight is 386 g/mol. The molecule has 0 atom stereocenters. The standard InChI is InChI=1S/C14H12ClN3O6S/c15-9-1-6-13(12(7-9)18(20)21)24-8-14(19)17-10-2-4-11(5-3-10)25(16,22)23/h1-7H,8H2,(H,17,19)(H2,16,22,23). The summed E-state index contributed by atoms with van der Waals surface area (Å²) in [5.74, 6) is -0.693. The van der Waals surface area contributed by atoms with E-state index in [1.165, 1.54) is 36.4 Å². The first-order valence-electron chi connectivity index (χ1n) is 6.66. The first kappa shape index (κ1) is 18.6. The van der Waals surface area contributed by atoms with Crippen molar-refractivity contribution in [2.75, 3.05) is 11.9 Å². The lowest BCUT2D eigenvalue weighted by molar-refractivity contribution is -0.385. The quantitative estimate of drug-likeness (QED) is 0.574. The van der Waals surface area contributed by atoms with E-state index < -0.39 is 27.5 Å². The predicted molar refractivity (Wildman–Crippen MR) is 90.0 cm³/mol. The van der Waals surface area contributed by atoms with Gasteiger partial charge in [0, 0.05) is 16.8 Å². The molecule has 2 aromatic carbocycles. The maximum atomic E-state index is 11.8. The molecule has 3 N–H and O–H groups in total. The SMILES string of the molecule is NS(=O)(=O)c1ccc(NC(=O)COc2ccc(Cl)cc2[N+](=O)[O-])cc1. The van der Waals surface area contributed by atoms with Crippen LogP contribution in [-0.2, 0) is 14.8 Å². The number of amides is 1. The Labute approximate surface area is 147 Å². The molecular weight excluding hydrogens is 374 g/mol. The molecule has 0 aliphatic carbocycles. The topological polar surface area (TPSA) is 142 Å². The van der Waals surface area contributed by atoms with Crippen LogP contribution in [0, 0.1) is 10.1 Å². The fraction of sp³-hybridized carbons (Fsp3) is 0.0714. The third kappa shape index (κ3) is 5.14. The highest BCUT2D eigenvalue weighted by molar-refractivity contribution is 7.89. The molecule has 0 saturated heterocycles. The summed E-state index contributed by atoms with van der Waals surface area (Å²) < 4.78 is 27.4. The van der Waals surface area contributed by atoms with E-state index in [0.29, 0.717) is 5.69 Å². The molecular formula is C14H12ClN3O6S. The molecule has 0 unspecified atom stereocenters. The van der Waals surface area contributed by atoms with E-state index in [1.807, 2.05) is 0 Å². The lowest BCUT2D eigenvalue weighted by atomic mass is 10.3. The Hall–Kier alpha value is -2.69. The van der Waals surface area contributed by atoms with Crippen LogP contribution in [-0.4, -0.2) is 25.9 Å². The van der Waals surface area contributed by atoms with Crippen molar-refractivity contribution in [2.24, 2.45) is 5.14 Å². The Kier molecular flexibility index (Phi) is 5.57. The number of benzene rings is 2. The molecule has 2 rings (SSSR count). The fourth-order valence-corrected chi connectivity index (χ4v) is 2.51. The van der Waals surface area contributed by atoms with Gasteiger partial charge in [0.15, 0.2) is 12.4 Å². The van der Waals surface area contributed by atoms with Gasteiger partial charge in [-0.3, -0.25) is 14.9 Å². The number of rotatable bonds is 6. The first-order chi connectivity index (χ1) is 11.7. The number of hydrogen-bond donors (Lipinski definition) is 2. The number of nitro benzene ring substituents is 1. The second-order valence-electron chi connectivity index (χ2n) is 4.78. The van der Waals surface area contributed by atoms with E-state index in [4.69, 9.17) is 21.5 Å². The summed E-state index contributed by atoms with van der Waals surface area (Å²) in [5, 5.41) is 18.5. The second kappa shape index (κ2) is 7.47. The molecule has 2 aromatic rings. The summed E-state index contributed by atoms with van der Waals surface area (Å²) in [7, 11) is -3.82. The summed E-state index contributed by atoms with van der Waals surface area (Å²) in [6.45, 7) is -0.487. The number of nitrogens with zero attached hydrogens (tertiary/aromatic N) is 1. The molecule has 132 valence electrons. The summed E-state index contributed by atoms with van der Waals surface area (Å²) in [4.78, 5) is 22.0. The molecule has 1 amide bonds. The highest BCUT2D eigenvalue weighted by Crippen LogP contribution is 2.29. The third-order valence-corrected chi connectivity index (χ3v) is 4.11. The Balaban J connectivity index is 2.01. The number of halogens is 1. The van der Waals surface area contributed by atoms with Crippen molar-refractivity contribution in [3.8, 4) is 5.75 Å². The largest absolute Gasteiger partial charge is 0.477 e. The molecule has 0 aliphatic heterocycles. The van der Waals surface area contributed by atoms with Crippen LogP contribution < -0.4 is 15.2 Å². The van der Waals surface area contributed by atoms with Gasteiger partial charge in [-0.15, -0.1) is 0 Å². The monoisotopic (exact) mass is 385 g/mol. The van der Waals surface area contributed by atoms with Crippen molar-refractivity contribution in [1.29, 1.82) is 0 Å². The number of anilines is 1. The number of hydrogen-bond acceptors (Lipinski definition) is 6. The van der Waals surface area contributed by atoms with Crippen molar-refractivity contribution >= 4 is 38.9 Å². The minimum atomic E-state index is -3.82. The molecule has 0 spiro atoms. The van der Waals surface area contributed by atoms with Gasteiger partial charge in [-0.05, 0) is 36.4 Å². The van der Waals surface area contributed by atoms with E-state index in [9.17, 15) is 23.3 Å². The van der Waals surface area contributed by atoms with Crippen LogP contribution in [0.4, 0.5) is 11.4 Å². The number of primary sulfonamides is 1. The van der Waals surface area contributed by atoms with Crippen molar-refractivity contribution in [1.82, 2.24) is 0 Å². The van der Waals surface area contributed by atoms with Gasteiger partial charge in [-0.2, -0.15) is 0 Å². The Morgan fingerprint density at radius 3 is 2.44 bits per heavy atom. The van der Waals surface area contributed by atoms with Crippen LogP contribution in [0.1, 0.15) is 0 Å². The summed E-state index contributed by atoms with van der Waals surface area (Å²) in [6, 6.07) is 8.96. The van der Waals surface area contributed by atoms with Crippen molar-refractivity contribution < 1.29 is 22.9 Å². The van der Waals surface area contributed by atoms with Crippen molar-refractivity contribution in [3.05, 3.63) is 57.6 Å². The number of nitrogens with one attached hydrogen (secondary N) is 1. The van der Waals surface area contributed by atoms with Crippen LogP contribution in [0.3, 0.4) is 0 Å². The van der Waals surface area contributed by atoms with Crippen LogP contribution in [0.15, 0.2) is 47.4 Å². The van der Waals surface area contributed by atoms with Crippen molar-refractivity contribution in [2.45, 2.75) is 4.90 Å². The van der Waals surface area contributed by atoms with Crippen LogP contribution >= 0.6 is 11.6 Å². The molecule has 0 radical (unpaired) electrons. The van der Waals surface area contributed by atoms with Crippen LogP contribution in [0.2, 0.25) is 5.02 Å². The average Bonchev–Trinajstić information content (AvgIpc) is 2.53. The van der Waals surface area contributed by atoms with E-state index in [-0.39, 0.29) is 21.4 Å². The summed E-state index contributed by atoms with van der Waals surface area (Å²) in [5.41, 5.74) is -0.0515. The maximum Gasteiger partial charge on any atom is 0.312 e. The zero-order chi connectivity index (χ0) is 18.6. The molecule has 0 bridgehead atoms. The fourth-order valence-electron chi connectivity index (χ4n) is 1.82. The Bertz CT molecular complexity index is 915. The zero-order valence-electron chi connectivity index (χ0n) is 12.5. The third-order valence-electron chi connectivity index (χ3n) is 2.94. The van der Waals surface area contributed by atoms with Gasteiger partial charge in [0.05, 0.1) is 9.82 Å². The lowest BCUT2D eigenvalue weighted by Gasteiger charge is -2.08. The van der Waals surface area contributed by atoms with E-state index in [0.717, 1.165) is 6.07 Å². The van der Waals surface area contributed by atoms with Crippen LogP contribution in [0.25, 0.3) is 0 Å². The van der Waals surface area contributed by atoms with Gasteiger partial charge >= 0.3 is 5.69 Å². The van der Waals surface area contributed by atoms with Gasteiger partial charge < -0.3 is 10.1 Å². The number of carbonyl (C=O) groups is 1. The molecule has 0 heterocycles. The number of sulfonamides is 1. The van der Waals surface area contributed by atoms with Crippen molar-refractivity contribution in [3.63, 3.8) is 0 Å². The number of carbonyl (C=O) groups excluding carboxylic acids is 1. The maximum absolute atomic E-state index is 11.8. The molecule has 0 fully saturated rings. The molecule has 9 nitrogen and oxygen atoms in total. The summed E-state index contributed by atoms with van der Waals surface area (Å²) >= 11 is 5.68. The molecule has 0 aliphatic rings. The predicted octanol–water partition coefficient (Wildman–Crippen LogP) is 1.91. The van der Waals surface area contributed by atoms with Gasteiger partial charge in [0.25, 0.3) is 5.91 Å². The Morgan fingerprint density at radius 2 is 1.88 bits per heavy atom. The van der Waals surface area contributed by atoms with E-state index >= 15 is 0 Å². The van der Waals surface area contributed by atoms with E-state index in [1.54, 1.807) is 0 Å². The highest BCUT2D eigenvalue weighted by Gasteiger charge is 2.17. The van der Waals surface area contributed by atoms with Crippen LogP contribution in [0.5, 0.6) is 5.75 Å². The normalized spacial score (nSPS) is 11.0. The van der Waals surface area contributed by atoms with Gasteiger partial charge in [-0.1, -0.05) is 11.6 Å². The molecule has 0 saturated carbocycles. The number of ether oxygens (including phenoxy) is 1. The second-order valence-corrected chi connectivity index (χ2v) is 6.77. The number of nitrogens with two attached hydrogens (primary N) is 1. The summed E-state index contributed by atoms with van der Waals surface area (Å²) in [6.07, 6.45) is 0. The lowest BCUT2D eigenvalue weighted by Crippen LogP contribution is -2.20. The minimum absolute atomic E-state index is 0.0986. The molecule has 0 aromatic heterocycles. The minimum Gasteiger partial charge on any atom is -0.477 e. The number of nitro groups is 1. The molecule has 11 heteroatoms. The van der Waals surface area contributed by atoms with E-state index in [2.05, 4.69) is 5.32 Å². The molecule has 25 heavy (non-hydrogen) atoms. The van der Waals surface area contributed by atoms with Gasteiger partial charge in [-0.25, -0.2) is 13.6 Å². The van der Waals surface area contributed by atoms with Gasteiger partial charge in [0.1, 0.15) is 0 Å². The Morgan fingerprint density at radius 1 is 1.24 bits per heavy atom. The zero-order valence-corrected chi connectivity index (χ0v) is 14.1. The first-order valence-corrected chi connectivity index (χ1v) is 8.59.